The van der Waals surface area contributed by atoms with E-state index in [1.54, 1.807) is 0 Å². The van der Waals surface area contributed by atoms with Gasteiger partial charge in [-0.05, 0) is 49.6 Å². The predicted molar refractivity (Wildman–Crippen MR) is 81.1 cm³/mol. The highest BCUT2D eigenvalue weighted by molar-refractivity contribution is 5.26. The largest absolute Gasteiger partial charge is 0.416 e. The van der Waals surface area contributed by atoms with Crippen molar-refractivity contribution in [3.8, 4) is 0 Å². The summed E-state index contributed by atoms with van der Waals surface area (Å²) >= 11 is 0. The highest BCUT2D eigenvalue weighted by Gasteiger charge is 2.31. The maximum Gasteiger partial charge on any atom is 0.416 e. The van der Waals surface area contributed by atoms with Crippen LogP contribution in [0.5, 0.6) is 0 Å². The quantitative estimate of drug-likeness (QED) is 0.449. The highest BCUT2D eigenvalue weighted by Crippen LogP contribution is 2.30. The van der Waals surface area contributed by atoms with Crippen molar-refractivity contribution in [2.75, 3.05) is 6.54 Å². The van der Waals surface area contributed by atoms with Crippen molar-refractivity contribution in [2.45, 2.75) is 64.0 Å². The minimum Gasteiger partial charge on any atom is -0.330 e. The average Bonchev–Trinajstić information content (AvgIpc) is 2.44. The molecule has 1 aromatic rings. The Kier molecular flexibility index (Phi) is 8.46. The second kappa shape index (κ2) is 9.82. The number of alkyl halides is 3. The van der Waals surface area contributed by atoms with Crippen molar-refractivity contribution in [3.63, 3.8) is 0 Å². The second-order valence-corrected chi connectivity index (χ2v) is 5.71. The summed E-state index contributed by atoms with van der Waals surface area (Å²) in [6.45, 7) is 0.744. The van der Waals surface area contributed by atoms with E-state index in [2.05, 4.69) is 0 Å². The lowest BCUT2D eigenvalue weighted by Crippen LogP contribution is -2.06. The second-order valence-electron chi connectivity index (χ2n) is 5.71. The van der Waals surface area contributed by atoms with Crippen LogP contribution in [0.2, 0.25) is 0 Å². The van der Waals surface area contributed by atoms with Gasteiger partial charge in [0.2, 0.25) is 0 Å². The van der Waals surface area contributed by atoms with E-state index in [0.29, 0.717) is 18.1 Å². The first-order chi connectivity index (χ1) is 10.4. The summed E-state index contributed by atoms with van der Waals surface area (Å²) in [6, 6.07) is 2.79. The number of nitrogens with two attached hydrogens (primary N) is 1. The third-order valence-electron chi connectivity index (χ3n) is 3.70. The summed E-state index contributed by atoms with van der Waals surface area (Å²) in [5.41, 5.74) is 4.94. The van der Waals surface area contributed by atoms with E-state index in [-0.39, 0.29) is 0 Å². The van der Waals surface area contributed by atoms with Crippen LogP contribution in [-0.2, 0) is 12.6 Å². The number of hydrogen-bond donors (Lipinski definition) is 1. The summed E-state index contributed by atoms with van der Waals surface area (Å²) in [4.78, 5) is 0. The molecule has 0 fully saturated rings. The van der Waals surface area contributed by atoms with Crippen LogP contribution >= 0.6 is 0 Å². The SMILES string of the molecule is NCCCCCCCCCCc1cc(F)cc(C(F)(F)F)c1. The monoisotopic (exact) mass is 319 g/mol. The van der Waals surface area contributed by atoms with Crippen LogP contribution in [0.3, 0.4) is 0 Å². The van der Waals surface area contributed by atoms with Crippen LogP contribution < -0.4 is 5.73 Å². The van der Waals surface area contributed by atoms with E-state index in [1.165, 1.54) is 25.3 Å². The molecule has 0 heterocycles. The van der Waals surface area contributed by atoms with Gasteiger partial charge in [-0.25, -0.2) is 4.39 Å². The summed E-state index contributed by atoms with van der Waals surface area (Å²) in [5, 5.41) is 0. The molecule has 1 aromatic carbocycles. The summed E-state index contributed by atoms with van der Waals surface area (Å²) in [7, 11) is 0. The molecule has 0 saturated heterocycles. The van der Waals surface area contributed by atoms with Crippen LogP contribution in [0.15, 0.2) is 18.2 Å². The van der Waals surface area contributed by atoms with Gasteiger partial charge in [0.15, 0.2) is 0 Å². The molecule has 22 heavy (non-hydrogen) atoms. The molecule has 0 atom stereocenters. The first-order valence-electron chi connectivity index (χ1n) is 8.00. The van der Waals surface area contributed by atoms with Crippen molar-refractivity contribution in [2.24, 2.45) is 5.73 Å². The van der Waals surface area contributed by atoms with Gasteiger partial charge < -0.3 is 5.73 Å². The third kappa shape index (κ3) is 7.78. The molecule has 0 spiro atoms. The summed E-state index contributed by atoms with van der Waals surface area (Å²) < 4.78 is 51.0. The molecule has 1 rings (SSSR count). The maximum absolute atomic E-state index is 13.2. The third-order valence-corrected chi connectivity index (χ3v) is 3.70. The Morgan fingerprint density at radius 2 is 1.32 bits per heavy atom. The fraction of sp³-hybridized carbons (Fsp3) is 0.647. The molecule has 0 radical (unpaired) electrons. The lowest BCUT2D eigenvalue weighted by molar-refractivity contribution is -0.137. The lowest BCUT2D eigenvalue weighted by atomic mass is 10.0. The lowest BCUT2D eigenvalue weighted by Gasteiger charge is -2.09. The number of aryl methyl sites for hydroxylation is 1. The molecule has 0 aliphatic heterocycles. The Balaban J connectivity index is 2.24. The number of rotatable bonds is 10. The molecule has 0 bridgehead atoms. The van der Waals surface area contributed by atoms with E-state index in [9.17, 15) is 17.6 Å². The number of benzene rings is 1. The van der Waals surface area contributed by atoms with Crippen LogP contribution in [0.25, 0.3) is 0 Å². The molecule has 1 nitrogen and oxygen atoms in total. The molecular weight excluding hydrogens is 294 g/mol. The molecule has 5 heteroatoms. The fourth-order valence-corrected chi connectivity index (χ4v) is 2.49. The van der Waals surface area contributed by atoms with Gasteiger partial charge in [0.25, 0.3) is 0 Å². The van der Waals surface area contributed by atoms with Gasteiger partial charge in [-0.2, -0.15) is 13.2 Å². The fourth-order valence-electron chi connectivity index (χ4n) is 2.49. The van der Waals surface area contributed by atoms with Crippen LogP contribution in [0.1, 0.15) is 62.5 Å². The molecule has 2 N–H and O–H groups in total. The smallest absolute Gasteiger partial charge is 0.330 e. The molecule has 0 aliphatic carbocycles. The van der Waals surface area contributed by atoms with Gasteiger partial charge in [-0.3, -0.25) is 0 Å². The Morgan fingerprint density at radius 1 is 0.773 bits per heavy atom. The van der Waals surface area contributed by atoms with Gasteiger partial charge in [0.1, 0.15) is 5.82 Å². The van der Waals surface area contributed by atoms with Gasteiger partial charge in [-0.1, -0.05) is 38.5 Å². The zero-order valence-electron chi connectivity index (χ0n) is 12.9. The Hall–Kier alpha value is -1.10. The Labute approximate surface area is 129 Å². The standard InChI is InChI=1S/C17H25F4N/c18-16-12-14(11-15(13-16)17(19,20)21)9-7-5-3-1-2-4-6-8-10-22/h11-13H,1-10,22H2. The number of halogens is 4. The molecule has 0 aromatic heterocycles. The summed E-state index contributed by atoms with van der Waals surface area (Å²) in [5.74, 6) is -0.815. The molecule has 126 valence electrons. The van der Waals surface area contributed by atoms with Gasteiger partial charge in [-0.15, -0.1) is 0 Å². The summed E-state index contributed by atoms with van der Waals surface area (Å²) in [6.07, 6.45) is 4.59. The average molecular weight is 319 g/mol. The number of unbranched alkanes of at least 4 members (excludes halogenated alkanes) is 7. The molecule has 0 unspecified atom stereocenters. The van der Waals surface area contributed by atoms with Crippen LogP contribution in [0, 0.1) is 5.82 Å². The van der Waals surface area contributed by atoms with E-state index in [4.69, 9.17) is 5.73 Å². The van der Waals surface area contributed by atoms with Crippen molar-refractivity contribution >= 4 is 0 Å². The van der Waals surface area contributed by atoms with Gasteiger partial charge in [0.05, 0.1) is 5.56 Å². The van der Waals surface area contributed by atoms with Crippen molar-refractivity contribution in [3.05, 3.63) is 35.1 Å². The Bertz CT molecular complexity index is 429. The highest BCUT2D eigenvalue weighted by atomic mass is 19.4. The van der Waals surface area contributed by atoms with E-state index in [1.807, 2.05) is 0 Å². The van der Waals surface area contributed by atoms with Crippen molar-refractivity contribution in [1.82, 2.24) is 0 Å². The predicted octanol–water partition coefficient (Wildman–Crippen LogP) is 5.47. The van der Waals surface area contributed by atoms with Gasteiger partial charge in [0, 0.05) is 0 Å². The van der Waals surface area contributed by atoms with Gasteiger partial charge >= 0.3 is 6.18 Å². The van der Waals surface area contributed by atoms with E-state index < -0.39 is 17.6 Å². The first kappa shape index (κ1) is 18.9. The Morgan fingerprint density at radius 3 is 1.86 bits per heavy atom. The topological polar surface area (TPSA) is 26.0 Å². The molecular formula is C17H25F4N. The zero-order valence-corrected chi connectivity index (χ0v) is 12.9. The normalized spacial score (nSPS) is 11.9. The minimum absolute atomic E-state index is 0.426. The maximum atomic E-state index is 13.2. The minimum atomic E-state index is -4.49. The van der Waals surface area contributed by atoms with E-state index in [0.717, 1.165) is 44.7 Å². The van der Waals surface area contributed by atoms with E-state index >= 15 is 0 Å². The van der Waals surface area contributed by atoms with Crippen LogP contribution in [-0.4, -0.2) is 6.54 Å². The molecule has 0 aliphatic rings. The van der Waals surface area contributed by atoms with Crippen molar-refractivity contribution < 1.29 is 17.6 Å². The molecule has 0 amide bonds. The first-order valence-corrected chi connectivity index (χ1v) is 8.00. The zero-order chi connectivity index (χ0) is 16.4. The molecule has 0 saturated carbocycles. The van der Waals surface area contributed by atoms with Crippen LogP contribution in [0.4, 0.5) is 17.6 Å². The van der Waals surface area contributed by atoms with Crippen molar-refractivity contribution in [1.29, 1.82) is 0 Å². The number of hydrogen-bond acceptors (Lipinski definition) is 1.